The Hall–Kier alpha value is -1.33. The van der Waals surface area contributed by atoms with E-state index in [-0.39, 0.29) is 12.4 Å². The molecule has 0 aliphatic heterocycles. The number of hydrogen-bond donors (Lipinski definition) is 1. The summed E-state index contributed by atoms with van der Waals surface area (Å²) in [7, 11) is 1.97. The number of rotatable bonds is 5. The molecule has 0 fully saturated rings. The molecule has 2 heterocycles. The molecule has 0 amide bonds. The van der Waals surface area contributed by atoms with Crippen molar-refractivity contribution in [2.24, 2.45) is 7.05 Å². The summed E-state index contributed by atoms with van der Waals surface area (Å²) in [4.78, 5) is 0. The summed E-state index contributed by atoms with van der Waals surface area (Å²) in [6.07, 6.45) is 3.85. The fourth-order valence-electron chi connectivity index (χ4n) is 2.04. The maximum Gasteiger partial charge on any atom is 0.0551 e. The second-order valence-corrected chi connectivity index (χ2v) is 4.57. The van der Waals surface area contributed by atoms with E-state index in [0.29, 0.717) is 0 Å². The standard InChI is InChI=1S/C13H21N5.ClH/c1-5-18-13(10(2)6-16-18)9-14-7-12-8-15-17(4)11(12)3;/h6,8,14H,5,7,9H2,1-4H3;1H. The van der Waals surface area contributed by atoms with Gasteiger partial charge in [0.15, 0.2) is 0 Å². The fourth-order valence-corrected chi connectivity index (χ4v) is 2.04. The molecule has 0 saturated carbocycles. The first-order chi connectivity index (χ1) is 8.63. The van der Waals surface area contributed by atoms with E-state index < -0.39 is 0 Å². The van der Waals surface area contributed by atoms with Crippen molar-refractivity contribution in [3.63, 3.8) is 0 Å². The third kappa shape index (κ3) is 3.36. The van der Waals surface area contributed by atoms with Gasteiger partial charge in [-0.15, -0.1) is 12.4 Å². The highest BCUT2D eigenvalue weighted by atomic mass is 35.5. The summed E-state index contributed by atoms with van der Waals surface area (Å²) < 4.78 is 3.94. The van der Waals surface area contributed by atoms with E-state index in [1.807, 2.05) is 28.8 Å². The Kier molecular flexibility index (Phi) is 5.57. The highest BCUT2D eigenvalue weighted by Gasteiger charge is 2.07. The minimum absolute atomic E-state index is 0. The quantitative estimate of drug-likeness (QED) is 0.913. The molecule has 0 atom stereocenters. The largest absolute Gasteiger partial charge is 0.307 e. The molecule has 2 rings (SSSR count). The molecule has 1 N–H and O–H groups in total. The Balaban J connectivity index is 0.00000180. The normalized spacial score (nSPS) is 10.5. The highest BCUT2D eigenvalue weighted by Crippen LogP contribution is 2.08. The molecule has 0 aromatic carbocycles. The SMILES string of the molecule is CCn1ncc(C)c1CNCc1cnn(C)c1C.Cl. The van der Waals surface area contributed by atoms with Crippen molar-refractivity contribution in [1.82, 2.24) is 24.9 Å². The molecule has 0 spiro atoms. The lowest BCUT2D eigenvalue weighted by Gasteiger charge is -2.08. The lowest BCUT2D eigenvalue weighted by atomic mass is 10.2. The zero-order chi connectivity index (χ0) is 13.1. The minimum atomic E-state index is 0. The number of aryl methyl sites for hydroxylation is 3. The zero-order valence-corrected chi connectivity index (χ0v) is 12.8. The van der Waals surface area contributed by atoms with Crippen LogP contribution in [-0.4, -0.2) is 19.6 Å². The van der Waals surface area contributed by atoms with E-state index >= 15 is 0 Å². The summed E-state index contributed by atoms with van der Waals surface area (Å²) in [6.45, 7) is 8.90. The Morgan fingerprint density at radius 1 is 1.16 bits per heavy atom. The number of hydrogen-bond acceptors (Lipinski definition) is 3. The van der Waals surface area contributed by atoms with Crippen molar-refractivity contribution in [2.45, 2.75) is 40.4 Å². The Morgan fingerprint density at radius 3 is 2.47 bits per heavy atom. The lowest BCUT2D eigenvalue weighted by molar-refractivity contribution is 0.579. The molecule has 0 unspecified atom stereocenters. The third-order valence-electron chi connectivity index (χ3n) is 3.40. The van der Waals surface area contributed by atoms with E-state index in [9.17, 15) is 0 Å². The van der Waals surface area contributed by atoms with E-state index in [1.165, 1.54) is 22.5 Å². The summed E-state index contributed by atoms with van der Waals surface area (Å²) in [6, 6.07) is 0. The van der Waals surface area contributed by atoms with Crippen LogP contribution in [0.1, 0.15) is 29.4 Å². The number of aromatic nitrogens is 4. The average Bonchev–Trinajstić information content (AvgIpc) is 2.87. The van der Waals surface area contributed by atoms with E-state index in [4.69, 9.17) is 0 Å². The van der Waals surface area contributed by atoms with Crippen LogP contribution in [0.2, 0.25) is 0 Å². The molecule has 19 heavy (non-hydrogen) atoms. The average molecular weight is 284 g/mol. The van der Waals surface area contributed by atoms with Gasteiger partial charge in [0.1, 0.15) is 0 Å². The van der Waals surface area contributed by atoms with Gasteiger partial charge in [-0.2, -0.15) is 10.2 Å². The second-order valence-electron chi connectivity index (χ2n) is 4.57. The summed E-state index contributed by atoms with van der Waals surface area (Å²) >= 11 is 0. The molecule has 5 nitrogen and oxygen atoms in total. The van der Waals surface area contributed by atoms with Gasteiger partial charge in [0, 0.05) is 37.9 Å². The van der Waals surface area contributed by atoms with Gasteiger partial charge in [-0.3, -0.25) is 9.36 Å². The first kappa shape index (κ1) is 15.7. The molecule has 0 radical (unpaired) electrons. The van der Waals surface area contributed by atoms with Crippen LogP contribution in [0.15, 0.2) is 12.4 Å². The molecule has 6 heteroatoms. The van der Waals surface area contributed by atoms with Crippen molar-refractivity contribution < 1.29 is 0 Å². The molecular weight excluding hydrogens is 262 g/mol. The third-order valence-corrected chi connectivity index (χ3v) is 3.40. The highest BCUT2D eigenvalue weighted by molar-refractivity contribution is 5.85. The van der Waals surface area contributed by atoms with E-state index in [0.717, 1.165) is 19.6 Å². The van der Waals surface area contributed by atoms with Crippen LogP contribution in [0.5, 0.6) is 0 Å². The molecule has 2 aromatic heterocycles. The van der Waals surface area contributed by atoms with Crippen molar-refractivity contribution in [1.29, 1.82) is 0 Å². The number of halogens is 1. The maximum absolute atomic E-state index is 4.34. The van der Waals surface area contributed by atoms with Gasteiger partial charge in [0.2, 0.25) is 0 Å². The molecule has 0 bridgehead atoms. The van der Waals surface area contributed by atoms with Gasteiger partial charge in [-0.1, -0.05) is 0 Å². The fraction of sp³-hybridized carbons (Fsp3) is 0.538. The lowest BCUT2D eigenvalue weighted by Crippen LogP contribution is -2.17. The number of nitrogens with one attached hydrogen (secondary N) is 1. The Bertz CT molecular complexity index is 529. The first-order valence-corrected chi connectivity index (χ1v) is 6.33. The van der Waals surface area contributed by atoms with Gasteiger partial charge < -0.3 is 5.32 Å². The zero-order valence-electron chi connectivity index (χ0n) is 12.0. The Labute approximate surface area is 120 Å². The van der Waals surface area contributed by atoms with Crippen LogP contribution >= 0.6 is 12.4 Å². The van der Waals surface area contributed by atoms with Crippen LogP contribution in [0.25, 0.3) is 0 Å². The predicted molar refractivity (Wildman–Crippen MR) is 78.4 cm³/mol. The summed E-state index contributed by atoms with van der Waals surface area (Å²) in [5.41, 5.74) is 4.97. The number of nitrogens with zero attached hydrogens (tertiary/aromatic N) is 4. The molecule has 2 aromatic rings. The molecule has 0 aliphatic carbocycles. The molecular formula is C13H22ClN5. The van der Waals surface area contributed by atoms with Gasteiger partial charge in [0.05, 0.1) is 18.1 Å². The molecule has 0 aliphatic rings. The van der Waals surface area contributed by atoms with Crippen LogP contribution in [-0.2, 0) is 26.7 Å². The molecule has 106 valence electrons. The maximum atomic E-state index is 4.34. The van der Waals surface area contributed by atoms with Crippen LogP contribution in [0, 0.1) is 13.8 Å². The van der Waals surface area contributed by atoms with E-state index in [1.54, 1.807) is 0 Å². The van der Waals surface area contributed by atoms with Gasteiger partial charge in [-0.05, 0) is 26.3 Å². The van der Waals surface area contributed by atoms with Gasteiger partial charge in [0.25, 0.3) is 0 Å². The summed E-state index contributed by atoms with van der Waals surface area (Å²) in [5.74, 6) is 0. The van der Waals surface area contributed by atoms with Crippen LogP contribution in [0.4, 0.5) is 0 Å². The van der Waals surface area contributed by atoms with Crippen molar-refractivity contribution in [3.05, 3.63) is 34.9 Å². The van der Waals surface area contributed by atoms with Crippen LogP contribution in [0.3, 0.4) is 0 Å². The van der Waals surface area contributed by atoms with Crippen LogP contribution < -0.4 is 5.32 Å². The summed E-state index contributed by atoms with van der Waals surface area (Å²) in [5, 5.41) is 12.0. The van der Waals surface area contributed by atoms with Crippen molar-refractivity contribution in [3.8, 4) is 0 Å². The Morgan fingerprint density at radius 2 is 1.89 bits per heavy atom. The predicted octanol–water partition coefficient (Wildman–Crippen LogP) is 1.96. The minimum Gasteiger partial charge on any atom is -0.307 e. The second kappa shape index (κ2) is 6.73. The van der Waals surface area contributed by atoms with Gasteiger partial charge in [-0.25, -0.2) is 0 Å². The smallest absolute Gasteiger partial charge is 0.0551 e. The van der Waals surface area contributed by atoms with Crippen molar-refractivity contribution >= 4 is 12.4 Å². The monoisotopic (exact) mass is 283 g/mol. The van der Waals surface area contributed by atoms with Crippen molar-refractivity contribution in [2.75, 3.05) is 0 Å². The van der Waals surface area contributed by atoms with E-state index in [2.05, 4.69) is 36.3 Å². The topological polar surface area (TPSA) is 47.7 Å². The molecule has 0 saturated heterocycles. The van der Waals surface area contributed by atoms with Gasteiger partial charge >= 0.3 is 0 Å². The first-order valence-electron chi connectivity index (χ1n) is 6.33.